The molecular weight excluding hydrogens is 252 g/mol. The summed E-state index contributed by atoms with van der Waals surface area (Å²) in [7, 11) is 1.69. The number of aromatic nitrogens is 1. The van der Waals surface area contributed by atoms with Gasteiger partial charge in [-0.25, -0.2) is 0 Å². The van der Waals surface area contributed by atoms with E-state index in [-0.39, 0.29) is 5.91 Å². The zero-order chi connectivity index (χ0) is 14.2. The molecule has 1 N–H and O–H groups in total. The standard InChI is InChI=1S/C16H20N2O2/c1-20-12-5-2-9-17-16(19)14-7-6-8-15(13-14)18-10-3-4-11-18/h3-4,6-8,10-11,13H,2,5,9,12H2,1H3,(H,17,19). The maximum atomic E-state index is 12.0. The van der Waals surface area contributed by atoms with E-state index in [1.54, 1.807) is 7.11 Å². The highest BCUT2D eigenvalue weighted by Gasteiger charge is 2.05. The summed E-state index contributed by atoms with van der Waals surface area (Å²) >= 11 is 0. The molecule has 0 saturated heterocycles. The summed E-state index contributed by atoms with van der Waals surface area (Å²) in [6, 6.07) is 11.5. The van der Waals surface area contributed by atoms with Crippen LogP contribution in [-0.4, -0.2) is 30.7 Å². The number of methoxy groups -OCH3 is 1. The van der Waals surface area contributed by atoms with Gasteiger partial charge in [-0.3, -0.25) is 4.79 Å². The molecule has 0 aliphatic heterocycles. The predicted molar refractivity (Wildman–Crippen MR) is 79.2 cm³/mol. The smallest absolute Gasteiger partial charge is 0.251 e. The van der Waals surface area contributed by atoms with E-state index in [0.29, 0.717) is 12.1 Å². The lowest BCUT2D eigenvalue weighted by Gasteiger charge is -2.07. The number of hydrogen-bond acceptors (Lipinski definition) is 2. The van der Waals surface area contributed by atoms with E-state index in [1.165, 1.54) is 0 Å². The molecule has 2 aromatic rings. The van der Waals surface area contributed by atoms with E-state index in [0.717, 1.165) is 25.1 Å². The van der Waals surface area contributed by atoms with Gasteiger partial charge in [0, 0.05) is 43.9 Å². The van der Waals surface area contributed by atoms with Crippen molar-refractivity contribution >= 4 is 5.91 Å². The van der Waals surface area contributed by atoms with Crippen LogP contribution in [0, 0.1) is 0 Å². The van der Waals surface area contributed by atoms with Crippen LogP contribution in [0.2, 0.25) is 0 Å². The normalized spacial score (nSPS) is 10.4. The first kappa shape index (κ1) is 14.3. The molecule has 0 spiro atoms. The van der Waals surface area contributed by atoms with Gasteiger partial charge in [0.15, 0.2) is 0 Å². The summed E-state index contributed by atoms with van der Waals surface area (Å²) in [5, 5.41) is 2.93. The largest absolute Gasteiger partial charge is 0.385 e. The molecule has 1 amide bonds. The molecule has 0 saturated carbocycles. The Morgan fingerprint density at radius 3 is 2.75 bits per heavy atom. The summed E-state index contributed by atoms with van der Waals surface area (Å²) in [6.45, 7) is 1.41. The van der Waals surface area contributed by atoms with Crippen LogP contribution in [0.1, 0.15) is 23.2 Å². The molecular formula is C16H20N2O2. The summed E-state index contributed by atoms with van der Waals surface area (Å²) < 4.78 is 6.96. The molecule has 1 heterocycles. The summed E-state index contributed by atoms with van der Waals surface area (Å²) in [5.41, 5.74) is 1.67. The maximum absolute atomic E-state index is 12.0. The minimum atomic E-state index is -0.0311. The van der Waals surface area contributed by atoms with Crippen molar-refractivity contribution in [2.24, 2.45) is 0 Å². The molecule has 4 heteroatoms. The van der Waals surface area contributed by atoms with Gasteiger partial charge in [-0.2, -0.15) is 0 Å². The van der Waals surface area contributed by atoms with E-state index < -0.39 is 0 Å². The Morgan fingerprint density at radius 1 is 1.20 bits per heavy atom. The number of carbonyl (C=O) groups excluding carboxylic acids is 1. The summed E-state index contributed by atoms with van der Waals surface area (Å²) in [5.74, 6) is -0.0311. The fourth-order valence-corrected chi connectivity index (χ4v) is 1.99. The van der Waals surface area contributed by atoms with E-state index in [9.17, 15) is 4.79 Å². The molecule has 1 aromatic carbocycles. The van der Waals surface area contributed by atoms with Gasteiger partial charge in [0.1, 0.15) is 0 Å². The van der Waals surface area contributed by atoms with Crippen molar-refractivity contribution < 1.29 is 9.53 Å². The molecule has 0 atom stereocenters. The van der Waals surface area contributed by atoms with Crippen LogP contribution < -0.4 is 5.32 Å². The van der Waals surface area contributed by atoms with Crippen molar-refractivity contribution in [3.63, 3.8) is 0 Å². The second kappa shape index (κ2) is 7.50. The van der Waals surface area contributed by atoms with Crippen molar-refractivity contribution in [1.82, 2.24) is 9.88 Å². The maximum Gasteiger partial charge on any atom is 0.251 e. The SMILES string of the molecule is COCCCCNC(=O)c1cccc(-n2cccc2)c1. The topological polar surface area (TPSA) is 43.3 Å². The first-order valence-corrected chi connectivity index (χ1v) is 6.82. The highest BCUT2D eigenvalue weighted by molar-refractivity contribution is 5.94. The third kappa shape index (κ3) is 3.96. The first-order valence-electron chi connectivity index (χ1n) is 6.82. The molecule has 1 aromatic heterocycles. The fraction of sp³-hybridized carbons (Fsp3) is 0.312. The Morgan fingerprint density at radius 2 is 2.00 bits per heavy atom. The average Bonchev–Trinajstić information content (AvgIpc) is 3.01. The van der Waals surface area contributed by atoms with Gasteiger partial charge in [0.25, 0.3) is 5.91 Å². The molecule has 4 nitrogen and oxygen atoms in total. The molecule has 0 bridgehead atoms. The number of nitrogens with zero attached hydrogens (tertiary/aromatic N) is 1. The van der Waals surface area contributed by atoms with Crippen LogP contribution in [0.5, 0.6) is 0 Å². The Labute approximate surface area is 119 Å². The first-order chi connectivity index (χ1) is 9.81. The molecule has 2 rings (SSSR count). The van der Waals surface area contributed by atoms with Gasteiger partial charge < -0.3 is 14.6 Å². The van der Waals surface area contributed by atoms with Crippen molar-refractivity contribution in [3.05, 3.63) is 54.4 Å². The number of amides is 1. The minimum Gasteiger partial charge on any atom is -0.385 e. The predicted octanol–water partition coefficient (Wildman–Crippen LogP) is 2.63. The Hall–Kier alpha value is -2.07. The van der Waals surface area contributed by atoms with Crippen molar-refractivity contribution in [3.8, 4) is 5.69 Å². The van der Waals surface area contributed by atoms with Crippen LogP contribution in [0.25, 0.3) is 5.69 Å². The second-order valence-electron chi connectivity index (χ2n) is 4.60. The van der Waals surface area contributed by atoms with Crippen LogP contribution in [0.3, 0.4) is 0 Å². The summed E-state index contributed by atoms with van der Waals surface area (Å²) in [6.07, 6.45) is 5.81. The molecule has 0 aliphatic carbocycles. The number of nitrogens with one attached hydrogen (secondary N) is 1. The Kier molecular flexibility index (Phi) is 5.38. The minimum absolute atomic E-state index is 0.0311. The lowest BCUT2D eigenvalue weighted by molar-refractivity contribution is 0.0951. The molecule has 0 unspecified atom stereocenters. The number of hydrogen-bond donors (Lipinski definition) is 1. The van der Waals surface area contributed by atoms with Crippen LogP contribution >= 0.6 is 0 Å². The van der Waals surface area contributed by atoms with E-state index in [1.807, 2.05) is 53.4 Å². The Balaban J connectivity index is 1.92. The van der Waals surface area contributed by atoms with Crippen LogP contribution in [-0.2, 0) is 4.74 Å². The second-order valence-corrected chi connectivity index (χ2v) is 4.60. The molecule has 0 radical (unpaired) electrons. The van der Waals surface area contributed by atoms with Gasteiger partial charge in [-0.1, -0.05) is 6.07 Å². The molecule has 20 heavy (non-hydrogen) atoms. The van der Waals surface area contributed by atoms with E-state index in [2.05, 4.69) is 5.32 Å². The van der Waals surface area contributed by atoms with Crippen molar-refractivity contribution in [1.29, 1.82) is 0 Å². The van der Waals surface area contributed by atoms with Gasteiger partial charge in [0.05, 0.1) is 0 Å². The lowest BCUT2D eigenvalue weighted by Crippen LogP contribution is -2.24. The van der Waals surface area contributed by atoms with Gasteiger partial charge in [0.2, 0.25) is 0 Å². The highest BCUT2D eigenvalue weighted by atomic mass is 16.5. The number of ether oxygens (including phenoxy) is 1. The van der Waals surface area contributed by atoms with Crippen molar-refractivity contribution in [2.45, 2.75) is 12.8 Å². The average molecular weight is 272 g/mol. The van der Waals surface area contributed by atoms with Crippen molar-refractivity contribution in [2.75, 3.05) is 20.3 Å². The van der Waals surface area contributed by atoms with Gasteiger partial charge >= 0.3 is 0 Å². The van der Waals surface area contributed by atoms with Crippen LogP contribution in [0.4, 0.5) is 0 Å². The Bertz CT molecular complexity index is 535. The number of benzene rings is 1. The van der Waals surface area contributed by atoms with E-state index >= 15 is 0 Å². The quantitative estimate of drug-likeness (QED) is 0.787. The third-order valence-corrected chi connectivity index (χ3v) is 3.07. The zero-order valence-corrected chi connectivity index (χ0v) is 11.7. The zero-order valence-electron chi connectivity index (χ0n) is 11.7. The molecule has 0 fully saturated rings. The van der Waals surface area contributed by atoms with E-state index in [4.69, 9.17) is 4.74 Å². The third-order valence-electron chi connectivity index (χ3n) is 3.07. The number of carbonyl (C=O) groups is 1. The summed E-state index contributed by atoms with van der Waals surface area (Å²) in [4.78, 5) is 12.0. The number of unbranched alkanes of at least 4 members (excludes halogenated alkanes) is 1. The molecule has 0 aliphatic rings. The monoisotopic (exact) mass is 272 g/mol. The lowest BCUT2D eigenvalue weighted by atomic mass is 10.2. The van der Waals surface area contributed by atoms with Crippen LogP contribution in [0.15, 0.2) is 48.8 Å². The fourth-order valence-electron chi connectivity index (χ4n) is 1.99. The molecule has 106 valence electrons. The highest BCUT2D eigenvalue weighted by Crippen LogP contribution is 2.10. The number of rotatable bonds is 7. The van der Waals surface area contributed by atoms with Gasteiger partial charge in [-0.05, 0) is 43.2 Å². The van der Waals surface area contributed by atoms with Gasteiger partial charge in [-0.15, -0.1) is 0 Å².